The molecule has 184 valence electrons. The lowest BCUT2D eigenvalue weighted by atomic mass is 9.79. The van der Waals surface area contributed by atoms with E-state index in [0.29, 0.717) is 43.8 Å². The molecule has 1 aromatic carbocycles. The Bertz CT molecular complexity index is 1170. The largest absolute Gasteiger partial charge is 0.369 e. The number of amides is 4. The molecule has 2 aromatic rings. The second-order valence-electron chi connectivity index (χ2n) is 9.96. The van der Waals surface area contributed by atoms with Crippen molar-refractivity contribution in [2.75, 3.05) is 13.1 Å². The normalized spacial score (nSPS) is 28.5. The number of hydrogen-bond donors (Lipinski definition) is 3. The minimum Gasteiger partial charge on any atom is -0.369 e. The van der Waals surface area contributed by atoms with Crippen LogP contribution < -0.4 is 16.8 Å². The van der Waals surface area contributed by atoms with Crippen LogP contribution in [0.3, 0.4) is 0 Å². The molecular weight excluding hydrogens is 466 g/mol. The van der Waals surface area contributed by atoms with Crippen LogP contribution in [0.4, 0.5) is 0 Å². The highest BCUT2D eigenvalue weighted by Crippen LogP contribution is 2.64. The van der Waals surface area contributed by atoms with Gasteiger partial charge >= 0.3 is 0 Å². The second-order valence-corrected chi connectivity index (χ2v) is 11.0. The van der Waals surface area contributed by atoms with E-state index < -0.39 is 23.8 Å². The van der Waals surface area contributed by atoms with E-state index in [4.69, 9.17) is 11.5 Å². The van der Waals surface area contributed by atoms with E-state index in [1.807, 2.05) is 30.3 Å². The highest BCUT2D eigenvalue weighted by atomic mass is 32.1. The third kappa shape index (κ3) is 4.42. The summed E-state index contributed by atoms with van der Waals surface area (Å²) in [6.07, 6.45) is 4.61. The molecule has 0 radical (unpaired) electrons. The first-order chi connectivity index (χ1) is 16.8. The van der Waals surface area contributed by atoms with Crippen LogP contribution in [-0.2, 0) is 14.4 Å². The molecule has 2 saturated heterocycles. The van der Waals surface area contributed by atoms with Gasteiger partial charge < -0.3 is 21.7 Å². The molecule has 4 amide bonds. The lowest BCUT2D eigenvalue weighted by Gasteiger charge is -2.39. The Labute approximate surface area is 207 Å². The fourth-order valence-electron chi connectivity index (χ4n) is 5.95. The first kappa shape index (κ1) is 23.5. The van der Waals surface area contributed by atoms with Crippen molar-refractivity contribution in [2.45, 2.75) is 38.1 Å². The van der Waals surface area contributed by atoms with Crippen molar-refractivity contribution in [3.05, 3.63) is 41.5 Å². The fourth-order valence-corrected chi connectivity index (χ4v) is 6.83. The van der Waals surface area contributed by atoms with Crippen LogP contribution in [-0.4, -0.2) is 52.6 Å². The first-order valence-corrected chi connectivity index (χ1v) is 12.8. The first-order valence-electron chi connectivity index (χ1n) is 12.0. The van der Waals surface area contributed by atoms with E-state index in [1.165, 1.54) is 16.2 Å². The van der Waals surface area contributed by atoms with E-state index in [2.05, 4.69) is 10.3 Å². The van der Waals surface area contributed by atoms with E-state index in [9.17, 15) is 19.2 Å². The number of nitrogens with zero attached hydrogens (tertiary/aromatic N) is 2. The highest BCUT2D eigenvalue weighted by Gasteiger charge is 2.62. The molecule has 3 unspecified atom stereocenters. The Hall–Kier alpha value is -3.27. The highest BCUT2D eigenvalue weighted by molar-refractivity contribution is 7.16. The van der Waals surface area contributed by atoms with Gasteiger partial charge in [0.2, 0.25) is 17.7 Å². The van der Waals surface area contributed by atoms with Gasteiger partial charge in [-0.2, -0.15) is 0 Å². The van der Waals surface area contributed by atoms with E-state index in [-0.39, 0.29) is 29.1 Å². The zero-order chi connectivity index (χ0) is 24.7. The molecule has 9 nitrogen and oxygen atoms in total. The topological polar surface area (TPSA) is 148 Å². The summed E-state index contributed by atoms with van der Waals surface area (Å²) < 4.78 is 0. The number of aromatic nitrogens is 1. The molecule has 2 aliphatic heterocycles. The molecule has 1 saturated carbocycles. The number of hydrogen-bond acceptors (Lipinski definition) is 6. The lowest BCUT2D eigenvalue weighted by Crippen LogP contribution is -2.53. The Morgan fingerprint density at radius 2 is 1.97 bits per heavy atom. The van der Waals surface area contributed by atoms with Gasteiger partial charge in [-0.1, -0.05) is 30.3 Å². The Morgan fingerprint density at radius 3 is 2.63 bits per heavy atom. The van der Waals surface area contributed by atoms with Crippen molar-refractivity contribution in [3.8, 4) is 10.4 Å². The van der Waals surface area contributed by atoms with Crippen LogP contribution in [0, 0.1) is 23.2 Å². The number of likely N-dealkylation sites (tertiary alicyclic amines) is 1. The van der Waals surface area contributed by atoms with Crippen molar-refractivity contribution in [1.29, 1.82) is 0 Å². The average Bonchev–Trinajstić information content (AvgIpc) is 3.17. The van der Waals surface area contributed by atoms with Crippen LogP contribution in [0.2, 0.25) is 0 Å². The third-order valence-electron chi connectivity index (χ3n) is 7.97. The number of rotatable bonds is 7. The number of piperidine rings is 1. The molecule has 3 heterocycles. The van der Waals surface area contributed by atoms with Crippen LogP contribution in [0.5, 0.6) is 0 Å². The summed E-state index contributed by atoms with van der Waals surface area (Å²) in [4.78, 5) is 56.9. The van der Waals surface area contributed by atoms with E-state index >= 15 is 0 Å². The molecule has 0 bridgehead atoms. The number of benzene rings is 1. The standard InChI is InChI=1S/C25H29N5O4S/c26-20(31)16(10-15-6-8-28-22(15)33)17-11-25(17)7-9-30(18(12-25)21(27)32)24(34)23-29-13-19(35-23)14-4-2-1-3-5-14/h1-5,13,15-18H,6-12H2,(H2,26,31)(H2,27,32)(H,28,33)/t15-,16+,17?,18?,25?/m1/s1. The summed E-state index contributed by atoms with van der Waals surface area (Å²) in [5.74, 6) is -1.93. The van der Waals surface area contributed by atoms with Crippen LogP contribution in [0.15, 0.2) is 36.5 Å². The molecule has 1 aromatic heterocycles. The Kier molecular flexibility index (Phi) is 6.08. The zero-order valence-electron chi connectivity index (χ0n) is 19.3. The second kappa shape index (κ2) is 9.07. The van der Waals surface area contributed by atoms with Gasteiger partial charge in [-0.15, -0.1) is 11.3 Å². The van der Waals surface area contributed by atoms with Gasteiger partial charge in [-0.25, -0.2) is 4.98 Å². The van der Waals surface area contributed by atoms with Crippen LogP contribution >= 0.6 is 11.3 Å². The maximum Gasteiger partial charge on any atom is 0.283 e. The van der Waals surface area contributed by atoms with E-state index in [1.54, 1.807) is 6.20 Å². The number of nitrogens with two attached hydrogens (primary N) is 2. The molecule has 1 aliphatic carbocycles. The SMILES string of the molecule is NC(=O)C1CC2(CCN1C(=O)c1ncc(-c3ccccc3)s1)CC2[C@H](C[C@H]1CCNC1=O)C(N)=O. The summed E-state index contributed by atoms with van der Waals surface area (Å²) in [7, 11) is 0. The number of thiazole rings is 1. The van der Waals surface area contributed by atoms with Crippen molar-refractivity contribution >= 4 is 35.0 Å². The molecule has 5 N–H and O–H groups in total. The number of carbonyl (C=O) groups is 4. The molecule has 3 fully saturated rings. The van der Waals surface area contributed by atoms with Gasteiger partial charge in [-0.3, -0.25) is 19.2 Å². The summed E-state index contributed by atoms with van der Waals surface area (Å²) in [5.41, 5.74) is 12.2. The summed E-state index contributed by atoms with van der Waals surface area (Å²) >= 11 is 1.29. The molecular formula is C25H29N5O4S. The minimum atomic E-state index is -0.770. The Morgan fingerprint density at radius 1 is 1.20 bits per heavy atom. The molecule has 3 aliphatic rings. The van der Waals surface area contributed by atoms with Gasteiger partial charge in [0, 0.05) is 31.1 Å². The predicted molar refractivity (Wildman–Crippen MR) is 130 cm³/mol. The third-order valence-corrected chi connectivity index (χ3v) is 9.00. The molecule has 5 atom stereocenters. The Balaban J connectivity index is 1.30. The van der Waals surface area contributed by atoms with Crippen molar-refractivity contribution in [2.24, 2.45) is 34.6 Å². The number of primary amides is 2. The summed E-state index contributed by atoms with van der Waals surface area (Å²) in [6.45, 7) is 0.979. The van der Waals surface area contributed by atoms with Gasteiger partial charge in [0.05, 0.1) is 4.88 Å². The van der Waals surface area contributed by atoms with Crippen LogP contribution in [0.25, 0.3) is 10.4 Å². The zero-order valence-corrected chi connectivity index (χ0v) is 20.1. The van der Waals surface area contributed by atoms with Crippen molar-refractivity contribution in [3.63, 3.8) is 0 Å². The quantitative estimate of drug-likeness (QED) is 0.533. The van der Waals surface area contributed by atoms with Gasteiger partial charge in [0.1, 0.15) is 6.04 Å². The predicted octanol–water partition coefficient (Wildman–Crippen LogP) is 1.53. The van der Waals surface area contributed by atoms with Gasteiger partial charge in [0.15, 0.2) is 5.01 Å². The number of carbonyl (C=O) groups excluding carboxylic acids is 4. The average molecular weight is 496 g/mol. The minimum absolute atomic E-state index is 0.00273. The van der Waals surface area contributed by atoms with Crippen LogP contribution in [0.1, 0.15) is 41.9 Å². The summed E-state index contributed by atoms with van der Waals surface area (Å²) in [6, 6.07) is 8.91. The van der Waals surface area contributed by atoms with Gasteiger partial charge in [0.25, 0.3) is 5.91 Å². The molecule has 10 heteroatoms. The van der Waals surface area contributed by atoms with Crippen molar-refractivity contribution < 1.29 is 19.2 Å². The number of nitrogens with one attached hydrogen (secondary N) is 1. The van der Waals surface area contributed by atoms with E-state index in [0.717, 1.165) is 16.9 Å². The monoisotopic (exact) mass is 495 g/mol. The maximum absolute atomic E-state index is 13.3. The van der Waals surface area contributed by atoms with Gasteiger partial charge in [-0.05, 0) is 49.0 Å². The van der Waals surface area contributed by atoms with Crippen molar-refractivity contribution in [1.82, 2.24) is 15.2 Å². The lowest BCUT2D eigenvalue weighted by molar-refractivity contribution is -0.126. The summed E-state index contributed by atoms with van der Waals surface area (Å²) in [5, 5.41) is 3.13. The fraction of sp³-hybridized carbons (Fsp3) is 0.480. The smallest absolute Gasteiger partial charge is 0.283 e. The molecule has 1 spiro atoms. The molecule has 35 heavy (non-hydrogen) atoms. The molecule has 5 rings (SSSR count). The maximum atomic E-state index is 13.3.